The first-order valence-corrected chi connectivity index (χ1v) is 5.06. The van der Waals surface area contributed by atoms with Gasteiger partial charge in [-0.1, -0.05) is 6.92 Å². The summed E-state index contributed by atoms with van der Waals surface area (Å²) in [5.41, 5.74) is 9.53. The number of aromatic amines is 1. The summed E-state index contributed by atoms with van der Waals surface area (Å²) in [5.74, 6) is 0.807. The molecule has 1 aliphatic carbocycles. The predicted octanol–water partition coefficient (Wildman–Crippen LogP) is 1.04. The summed E-state index contributed by atoms with van der Waals surface area (Å²) >= 11 is 0. The summed E-state index contributed by atoms with van der Waals surface area (Å²) in [6.07, 6.45) is 4.55. The van der Waals surface area contributed by atoms with Crippen LogP contribution in [0.2, 0.25) is 0 Å². The number of nitrogens with one attached hydrogen (secondary N) is 1. The minimum Gasteiger partial charge on any atom is -0.330 e. The maximum atomic E-state index is 5.53. The highest BCUT2D eigenvalue weighted by atomic mass is 15.1. The molecule has 0 bridgehead atoms. The minimum absolute atomic E-state index is 0.700. The number of nitrogens with zero attached hydrogens (tertiary/aromatic N) is 1. The molecule has 0 saturated carbocycles. The van der Waals surface area contributed by atoms with Crippen molar-refractivity contribution >= 4 is 0 Å². The Balaban J connectivity index is 2.25. The fourth-order valence-electron chi connectivity index (χ4n) is 2.08. The van der Waals surface area contributed by atoms with Crippen LogP contribution in [0.1, 0.15) is 30.3 Å². The molecule has 1 aromatic heterocycles. The van der Waals surface area contributed by atoms with Crippen molar-refractivity contribution in [3.63, 3.8) is 0 Å². The van der Waals surface area contributed by atoms with Crippen molar-refractivity contribution in [3.05, 3.63) is 17.0 Å². The van der Waals surface area contributed by atoms with Gasteiger partial charge >= 0.3 is 0 Å². The summed E-state index contributed by atoms with van der Waals surface area (Å²) in [5, 5.41) is 7.44. The first-order valence-electron chi connectivity index (χ1n) is 5.06. The molecular formula is C10H17N3. The Bertz CT molecular complexity index is 290. The average molecular weight is 179 g/mol. The topological polar surface area (TPSA) is 54.7 Å². The number of rotatable bonds is 2. The Morgan fingerprint density at radius 3 is 3.23 bits per heavy atom. The molecule has 0 fully saturated rings. The van der Waals surface area contributed by atoms with Crippen molar-refractivity contribution in [1.82, 2.24) is 10.2 Å². The number of aromatic nitrogens is 2. The molecule has 1 aliphatic rings. The Morgan fingerprint density at radius 1 is 1.62 bits per heavy atom. The highest BCUT2D eigenvalue weighted by Crippen LogP contribution is 2.25. The van der Waals surface area contributed by atoms with Gasteiger partial charge in [-0.2, -0.15) is 5.10 Å². The molecule has 72 valence electrons. The van der Waals surface area contributed by atoms with Crippen LogP contribution < -0.4 is 5.73 Å². The number of H-pyrrole nitrogens is 1. The maximum Gasteiger partial charge on any atom is 0.0669 e. The largest absolute Gasteiger partial charge is 0.330 e. The lowest BCUT2D eigenvalue weighted by atomic mass is 9.87. The predicted molar refractivity (Wildman–Crippen MR) is 52.5 cm³/mol. The summed E-state index contributed by atoms with van der Waals surface area (Å²) in [6.45, 7) is 3.01. The van der Waals surface area contributed by atoms with Crippen molar-refractivity contribution in [2.75, 3.05) is 6.54 Å². The lowest BCUT2D eigenvalue weighted by molar-refractivity contribution is 0.496. The molecule has 1 aromatic rings. The van der Waals surface area contributed by atoms with Crippen LogP contribution in [-0.4, -0.2) is 16.7 Å². The van der Waals surface area contributed by atoms with Gasteiger partial charge in [0.25, 0.3) is 0 Å². The highest BCUT2D eigenvalue weighted by Gasteiger charge is 2.20. The van der Waals surface area contributed by atoms with Crippen molar-refractivity contribution in [2.24, 2.45) is 11.7 Å². The van der Waals surface area contributed by atoms with E-state index in [0.29, 0.717) is 6.54 Å². The first-order chi connectivity index (χ1) is 6.31. The molecule has 0 aliphatic heterocycles. The van der Waals surface area contributed by atoms with Crippen LogP contribution in [0.15, 0.2) is 0 Å². The third kappa shape index (κ3) is 1.61. The molecule has 0 amide bonds. The van der Waals surface area contributed by atoms with Gasteiger partial charge in [0.1, 0.15) is 0 Å². The van der Waals surface area contributed by atoms with Crippen molar-refractivity contribution in [2.45, 2.75) is 32.6 Å². The zero-order valence-corrected chi connectivity index (χ0v) is 8.14. The first kappa shape index (κ1) is 8.75. The summed E-state index contributed by atoms with van der Waals surface area (Å²) in [4.78, 5) is 0. The fraction of sp³-hybridized carbons (Fsp3) is 0.700. The monoisotopic (exact) mass is 179 g/mol. The SMILES string of the molecule is CC1CCc2[nH]nc(CCN)c2C1. The molecule has 1 atom stereocenters. The van der Waals surface area contributed by atoms with Gasteiger partial charge in [0, 0.05) is 12.1 Å². The van der Waals surface area contributed by atoms with Crippen LogP contribution in [0.25, 0.3) is 0 Å². The highest BCUT2D eigenvalue weighted by molar-refractivity contribution is 5.28. The summed E-state index contributed by atoms with van der Waals surface area (Å²) in [7, 11) is 0. The van der Waals surface area contributed by atoms with Crippen LogP contribution in [0.4, 0.5) is 0 Å². The molecule has 1 heterocycles. The van der Waals surface area contributed by atoms with Gasteiger partial charge in [-0.25, -0.2) is 0 Å². The third-order valence-corrected chi connectivity index (χ3v) is 2.86. The fourth-order valence-corrected chi connectivity index (χ4v) is 2.08. The van der Waals surface area contributed by atoms with Gasteiger partial charge in [-0.15, -0.1) is 0 Å². The molecular weight excluding hydrogens is 162 g/mol. The molecule has 13 heavy (non-hydrogen) atoms. The second-order valence-corrected chi connectivity index (χ2v) is 4.01. The minimum atomic E-state index is 0.700. The number of nitrogens with two attached hydrogens (primary N) is 1. The Morgan fingerprint density at radius 2 is 2.46 bits per heavy atom. The maximum absolute atomic E-state index is 5.53. The zero-order chi connectivity index (χ0) is 9.26. The molecule has 0 aromatic carbocycles. The third-order valence-electron chi connectivity index (χ3n) is 2.86. The molecule has 1 unspecified atom stereocenters. The van der Waals surface area contributed by atoms with E-state index in [2.05, 4.69) is 17.1 Å². The van der Waals surface area contributed by atoms with Gasteiger partial charge < -0.3 is 5.73 Å². The van der Waals surface area contributed by atoms with Gasteiger partial charge in [0.2, 0.25) is 0 Å². The van der Waals surface area contributed by atoms with E-state index in [1.54, 1.807) is 0 Å². The number of hydrogen-bond donors (Lipinski definition) is 2. The lowest BCUT2D eigenvalue weighted by Gasteiger charge is -2.17. The van der Waals surface area contributed by atoms with Gasteiger partial charge in [0.05, 0.1) is 5.69 Å². The lowest BCUT2D eigenvalue weighted by Crippen LogP contribution is -2.12. The number of aryl methyl sites for hydroxylation is 1. The van der Waals surface area contributed by atoms with Crippen LogP contribution >= 0.6 is 0 Å². The van der Waals surface area contributed by atoms with E-state index >= 15 is 0 Å². The van der Waals surface area contributed by atoms with Crippen LogP contribution in [0.3, 0.4) is 0 Å². The number of hydrogen-bond acceptors (Lipinski definition) is 2. The van der Waals surface area contributed by atoms with E-state index in [1.807, 2.05) is 0 Å². The smallest absolute Gasteiger partial charge is 0.0669 e. The quantitative estimate of drug-likeness (QED) is 0.712. The van der Waals surface area contributed by atoms with Crippen molar-refractivity contribution in [3.8, 4) is 0 Å². The van der Waals surface area contributed by atoms with E-state index in [9.17, 15) is 0 Å². The molecule has 3 heteroatoms. The summed E-state index contributed by atoms with van der Waals surface area (Å²) in [6, 6.07) is 0. The normalized spacial score (nSPS) is 21.5. The van der Waals surface area contributed by atoms with Crippen LogP contribution in [0, 0.1) is 5.92 Å². The van der Waals surface area contributed by atoms with E-state index in [1.165, 1.54) is 29.8 Å². The molecule has 0 radical (unpaired) electrons. The van der Waals surface area contributed by atoms with Crippen LogP contribution in [0.5, 0.6) is 0 Å². The van der Waals surface area contributed by atoms with Gasteiger partial charge in [-0.3, -0.25) is 5.10 Å². The Kier molecular flexibility index (Phi) is 2.36. The molecule has 3 N–H and O–H groups in total. The zero-order valence-electron chi connectivity index (χ0n) is 8.14. The molecule has 2 rings (SSSR count). The van der Waals surface area contributed by atoms with Gasteiger partial charge in [-0.05, 0) is 37.3 Å². The van der Waals surface area contributed by atoms with Crippen molar-refractivity contribution < 1.29 is 0 Å². The standard InChI is InChI=1S/C10H17N3/c1-7-2-3-9-8(6-7)10(4-5-11)13-12-9/h7H,2-6,11H2,1H3,(H,12,13). The summed E-state index contributed by atoms with van der Waals surface area (Å²) < 4.78 is 0. The molecule has 0 spiro atoms. The Labute approximate surface area is 78.7 Å². The van der Waals surface area contributed by atoms with Gasteiger partial charge in [0.15, 0.2) is 0 Å². The second kappa shape index (κ2) is 3.50. The molecule has 0 saturated heterocycles. The van der Waals surface area contributed by atoms with E-state index in [4.69, 9.17) is 5.73 Å². The average Bonchev–Trinajstić information content (AvgIpc) is 2.49. The number of fused-ring (bicyclic) bond motifs is 1. The van der Waals surface area contributed by atoms with Crippen molar-refractivity contribution in [1.29, 1.82) is 0 Å². The van der Waals surface area contributed by atoms with E-state index in [-0.39, 0.29) is 0 Å². The Hall–Kier alpha value is -0.830. The van der Waals surface area contributed by atoms with E-state index in [0.717, 1.165) is 18.8 Å². The molecule has 3 nitrogen and oxygen atoms in total. The second-order valence-electron chi connectivity index (χ2n) is 4.01. The van der Waals surface area contributed by atoms with Crippen LogP contribution in [-0.2, 0) is 19.3 Å². The van der Waals surface area contributed by atoms with E-state index < -0.39 is 0 Å².